The van der Waals surface area contributed by atoms with Crippen molar-refractivity contribution in [3.05, 3.63) is 0 Å². The first-order valence-corrected chi connectivity index (χ1v) is 16.2. The minimum absolute atomic E-state index is 0.123. The zero-order valence-corrected chi connectivity index (χ0v) is 24.6. The molecule has 5 fully saturated rings. The van der Waals surface area contributed by atoms with Gasteiger partial charge in [-0.3, -0.25) is 19.2 Å². The summed E-state index contributed by atoms with van der Waals surface area (Å²) in [5.74, 6) is -1.91. The maximum Gasteiger partial charge on any atom is 0.262 e. The monoisotopic (exact) mass is 580 g/mol. The van der Waals surface area contributed by atoms with E-state index in [1.165, 1.54) is 6.92 Å². The van der Waals surface area contributed by atoms with Gasteiger partial charge in [0.2, 0.25) is 22.6 Å². The first kappa shape index (κ1) is 30.5. The first-order valence-electron chi connectivity index (χ1n) is 14.7. The van der Waals surface area contributed by atoms with Crippen LogP contribution in [0.4, 0.5) is 0 Å². The minimum Gasteiger partial charge on any atom is -0.356 e. The van der Waals surface area contributed by atoms with Gasteiger partial charge in [0, 0.05) is 19.4 Å². The van der Waals surface area contributed by atoms with E-state index in [0.717, 1.165) is 19.3 Å². The second-order valence-corrected chi connectivity index (χ2v) is 15.5. The van der Waals surface area contributed by atoms with Crippen molar-refractivity contribution in [1.29, 1.82) is 0 Å². The molecule has 1 saturated heterocycles. The van der Waals surface area contributed by atoms with E-state index >= 15 is 0 Å². The van der Waals surface area contributed by atoms with Gasteiger partial charge in [0.25, 0.3) is 5.91 Å². The average Bonchev–Trinajstić information content (AvgIpc) is 2.91. The number of hydrogen-bond acceptors (Lipinski definition) is 7. The normalized spacial score (nSPS) is 34.1. The summed E-state index contributed by atoms with van der Waals surface area (Å²) in [5, 5.41) is 10.5. The Morgan fingerprint density at radius 3 is 2.05 bits per heavy atom. The molecule has 4 aliphatic carbocycles. The topological polar surface area (TPSA) is 168 Å². The van der Waals surface area contributed by atoms with E-state index in [4.69, 9.17) is 0 Å². The van der Waals surface area contributed by atoms with Gasteiger partial charge in [0.05, 0.1) is 10.8 Å². The maximum absolute atomic E-state index is 14.9. The molecule has 12 heteroatoms. The van der Waals surface area contributed by atoms with Gasteiger partial charge in [-0.1, -0.05) is 13.8 Å². The number of amides is 4. The molecule has 1 aliphatic heterocycles. The highest BCUT2D eigenvalue weighted by molar-refractivity contribution is 7.95. The number of carbonyl (C=O) groups is 5. The summed E-state index contributed by atoms with van der Waals surface area (Å²) >= 11 is 0. The SMILES string of the molecule is CC(C)[C@@H](C=O)NC(=O)[C@H](C)NC(=O)[C@]1(S(=O)(=O)C23CC4CC(CC(C4)C2)C3)CCCCNC(=O)CCC(=O)N1. The van der Waals surface area contributed by atoms with Crippen molar-refractivity contribution in [3.63, 3.8) is 0 Å². The van der Waals surface area contributed by atoms with E-state index in [-0.39, 0.29) is 55.3 Å². The van der Waals surface area contributed by atoms with Crippen LogP contribution in [0.3, 0.4) is 0 Å². The van der Waals surface area contributed by atoms with Crippen molar-refractivity contribution in [3.8, 4) is 0 Å². The summed E-state index contributed by atoms with van der Waals surface area (Å²) in [4.78, 5) is 61.5. The molecule has 3 atom stereocenters. The molecule has 4 bridgehead atoms. The lowest BCUT2D eigenvalue weighted by atomic mass is 9.56. The third kappa shape index (κ3) is 5.78. The van der Waals surface area contributed by atoms with Crippen LogP contribution in [-0.2, 0) is 33.8 Å². The minimum atomic E-state index is -4.32. The highest BCUT2D eigenvalue weighted by Gasteiger charge is 2.65. The van der Waals surface area contributed by atoms with Crippen molar-refractivity contribution in [1.82, 2.24) is 21.3 Å². The van der Waals surface area contributed by atoms with Gasteiger partial charge < -0.3 is 26.1 Å². The van der Waals surface area contributed by atoms with Crippen LogP contribution in [0.15, 0.2) is 0 Å². The molecule has 0 aromatic heterocycles. The second kappa shape index (κ2) is 11.8. The summed E-state index contributed by atoms with van der Waals surface area (Å²) in [6.45, 7) is 5.28. The Morgan fingerprint density at radius 1 is 0.925 bits per heavy atom. The molecule has 0 radical (unpaired) electrons. The molecule has 1 heterocycles. The van der Waals surface area contributed by atoms with E-state index in [0.29, 0.717) is 38.5 Å². The fourth-order valence-electron chi connectivity index (χ4n) is 7.64. The van der Waals surface area contributed by atoms with Crippen molar-refractivity contribution in [2.75, 3.05) is 6.54 Å². The zero-order chi connectivity index (χ0) is 29.3. The Hall–Kier alpha value is -2.50. The lowest BCUT2D eigenvalue weighted by Gasteiger charge is -2.57. The second-order valence-electron chi connectivity index (χ2n) is 12.9. The molecule has 0 aromatic rings. The number of carbonyl (C=O) groups excluding carboxylic acids is 5. The van der Waals surface area contributed by atoms with Gasteiger partial charge in [-0.15, -0.1) is 0 Å². The van der Waals surface area contributed by atoms with Crippen LogP contribution in [0.1, 0.15) is 91.4 Å². The quantitative estimate of drug-likeness (QED) is 0.312. The van der Waals surface area contributed by atoms with Crippen LogP contribution in [0.2, 0.25) is 0 Å². The molecule has 5 rings (SSSR count). The van der Waals surface area contributed by atoms with Crippen molar-refractivity contribution >= 4 is 39.8 Å². The summed E-state index contributed by atoms with van der Waals surface area (Å²) in [6.07, 6.45) is 5.17. The molecule has 0 spiro atoms. The Labute approximate surface area is 236 Å². The molecular weight excluding hydrogens is 536 g/mol. The third-order valence-electron chi connectivity index (χ3n) is 9.49. The molecule has 4 N–H and O–H groups in total. The van der Waals surface area contributed by atoms with Crippen LogP contribution in [0, 0.1) is 23.7 Å². The number of nitrogens with one attached hydrogen (secondary N) is 4. The van der Waals surface area contributed by atoms with Crippen molar-refractivity contribution in [2.24, 2.45) is 23.7 Å². The van der Waals surface area contributed by atoms with Crippen LogP contribution >= 0.6 is 0 Å². The molecule has 4 saturated carbocycles. The van der Waals surface area contributed by atoms with E-state index in [1.54, 1.807) is 13.8 Å². The van der Waals surface area contributed by atoms with Gasteiger partial charge in [-0.2, -0.15) is 0 Å². The zero-order valence-electron chi connectivity index (χ0n) is 23.8. The number of rotatable bonds is 8. The average molecular weight is 581 g/mol. The van der Waals surface area contributed by atoms with Gasteiger partial charge in [-0.25, -0.2) is 8.42 Å². The summed E-state index contributed by atoms with van der Waals surface area (Å²) in [5.41, 5.74) is 0. The molecular formula is C28H44N4O7S. The van der Waals surface area contributed by atoms with Crippen LogP contribution in [-0.4, -0.2) is 66.6 Å². The van der Waals surface area contributed by atoms with E-state index in [9.17, 15) is 32.4 Å². The Morgan fingerprint density at radius 2 is 1.50 bits per heavy atom. The first-order chi connectivity index (χ1) is 18.8. The Balaban J connectivity index is 1.70. The van der Waals surface area contributed by atoms with Gasteiger partial charge in [0.1, 0.15) is 12.3 Å². The number of hydrogen-bond donors (Lipinski definition) is 4. The number of sulfone groups is 1. The van der Waals surface area contributed by atoms with E-state index in [2.05, 4.69) is 21.3 Å². The highest BCUT2D eigenvalue weighted by Crippen LogP contribution is 2.60. The van der Waals surface area contributed by atoms with Gasteiger partial charge >= 0.3 is 0 Å². The van der Waals surface area contributed by atoms with Crippen LogP contribution in [0.25, 0.3) is 0 Å². The summed E-state index contributed by atoms with van der Waals surface area (Å²) in [7, 11) is -4.32. The Kier molecular flexibility index (Phi) is 8.97. The van der Waals surface area contributed by atoms with Gasteiger partial charge in [0.15, 0.2) is 9.84 Å². The molecule has 0 unspecified atom stereocenters. The predicted octanol–water partition coefficient (Wildman–Crippen LogP) is 1.11. The lowest BCUT2D eigenvalue weighted by molar-refractivity contribution is -0.134. The summed E-state index contributed by atoms with van der Waals surface area (Å²) in [6, 6.07) is -1.92. The fourth-order valence-corrected chi connectivity index (χ4v) is 10.7. The molecule has 5 aliphatic rings. The standard InChI is InChI=1S/C28H44N4O7S/c1-17(2)22(16-33)31-25(36)18(3)30-26(37)28(8-4-5-9-29-23(34)6-7-24(35)32-28)40(38,39)27-13-19-10-20(14-27)12-21(11-19)15-27/h16-22H,4-15H2,1-3H3,(H,29,34)(H,30,37)(H,31,36)(H,32,35)/t18-,19?,20?,21?,22+,27?,28+/m0/s1. The molecule has 0 aromatic carbocycles. The Bertz CT molecular complexity index is 1100. The predicted molar refractivity (Wildman–Crippen MR) is 147 cm³/mol. The fraction of sp³-hybridized carbons (Fsp3) is 0.821. The van der Waals surface area contributed by atoms with E-state index < -0.39 is 49.3 Å². The molecule has 224 valence electrons. The van der Waals surface area contributed by atoms with Crippen molar-refractivity contribution < 1.29 is 32.4 Å². The highest BCUT2D eigenvalue weighted by atomic mass is 32.2. The smallest absolute Gasteiger partial charge is 0.262 e. The van der Waals surface area contributed by atoms with Crippen LogP contribution < -0.4 is 21.3 Å². The number of aldehydes is 1. The lowest BCUT2D eigenvalue weighted by Crippen LogP contribution is -2.71. The van der Waals surface area contributed by atoms with Crippen molar-refractivity contribution in [2.45, 2.75) is 113 Å². The van der Waals surface area contributed by atoms with E-state index in [1.807, 2.05) is 0 Å². The van der Waals surface area contributed by atoms with Gasteiger partial charge in [-0.05, 0) is 88.4 Å². The maximum atomic E-state index is 14.9. The molecule has 4 amide bonds. The molecule has 40 heavy (non-hydrogen) atoms. The summed E-state index contributed by atoms with van der Waals surface area (Å²) < 4.78 is 28.7. The molecule has 11 nitrogen and oxygen atoms in total. The largest absolute Gasteiger partial charge is 0.356 e. The third-order valence-corrected chi connectivity index (χ3v) is 12.5. The van der Waals surface area contributed by atoms with Crippen LogP contribution in [0.5, 0.6) is 0 Å².